The lowest BCUT2D eigenvalue weighted by Gasteiger charge is -2.10. The Hall–Kier alpha value is -4.18. The molecule has 0 aliphatic rings. The van der Waals surface area contributed by atoms with Gasteiger partial charge in [0.25, 0.3) is 12.3 Å². The third-order valence-corrected chi connectivity index (χ3v) is 6.38. The highest BCUT2D eigenvalue weighted by atomic mass is 35.5. The minimum absolute atomic E-state index is 0.00464. The number of nitrogens with one attached hydrogen (secondary N) is 1. The van der Waals surface area contributed by atoms with E-state index in [1.807, 2.05) is 0 Å². The number of carbonyl (C=O) groups excluding carboxylic acids is 1. The maximum absolute atomic E-state index is 14.3. The zero-order valence-electron chi connectivity index (χ0n) is 19.7. The van der Waals surface area contributed by atoms with Gasteiger partial charge in [-0.05, 0) is 32.0 Å². The van der Waals surface area contributed by atoms with Gasteiger partial charge in [-0.3, -0.25) is 9.48 Å². The van der Waals surface area contributed by atoms with Crippen LogP contribution in [0.15, 0.2) is 60.8 Å². The van der Waals surface area contributed by atoms with Crippen LogP contribution in [0.3, 0.4) is 0 Å². The van der Waals surface area contributed by atoms with E-state index < -0.39 is 18.1 Å². The summed E-state index contributed by atoms with van der Waals surface area (Å²) in [6, 6.07) is 14.5. The van der Waals surface area contributed by atoms with E-state index in [0.29, 0.717) is 28.3 Å². The van der Waals surface area contributed by atoms with Gasteiger partial charge < -0.3 is 5.32 Å². The van der Waals surface area contributed by atoms with E-state index in [4.69, 9.17) is 11.6 Å². The molecular weight excluding hydrogens is 505 g/mol. The van der Waals surface area contributed by atoms with Gasteiger partial charge in [-0.25, -0.2) is 22.7 Å². The van der Waals surface area contributed by atoms with Crippen LogP contribution >= 0.6 is 11.6 Å². The van der Waals surface area contributed by atoms with E-state index in [0.717, 1.165) is 4.52 Å². The fourth-order valence-electron chi connectivity index (χ4n) is 4.10. The Morgan fingerprint density at radius 3 is 2.57 bits per heavy atom. The van der Waals surface area contributed by atoms with Crippen LogP contribution in [-0.4, -0.2) is 30.3 Å². The lowest BCUT2D eigenvalue weighted by Crippen LogP contribution is -2.14. The summed E-state index contributed by atoms with van der Waals surface area (Å²) in [5.41, 5.74) is 2.27. The maximum Gasteiger partial charge on any atom is 0.280 e. The first-order valence-corrected chi connectivity index (χ1v) is 11.6. The highest BCUT2D eigenvalue weighted by Crippen LogP contribution is 2.28. The molecule has 0 atom stereocenters. The number of nitrogens with zero attached hydrogens (tertiary/aromatic N) is 5. The predicted octanol–water partition coefficient (Wildman–Crippen LogP) is 6.24. The molecule has 0 spiro atoms. The molecule has 11 heteroatoms. The average Bonchev–Trinajstić information content (AvgIpc) is 3.42. The molecule has 0 radical (unpaired) electrons. The Bertz CT molecular complexity index is 1610. The number of hydrogen-bond acceptors (Lipinski definition) is 4. The summed E-state index contributed by atoms with van der Waals surface area (Å²) in [5.74, 6) is -1.06. The first-order valence-electron chi connectivity index (χ1n) is 11.2. The molecule has 0 fully saturated rings. The molecule has 188 valence electrons. The van der Waals surface area contributed by atoms with Crippen molar-refractivity contribution in [1.82, 2.24) is 24.4 Å². The number of anilines is 1. The van der Waals surface area contributed by atoms with Gasteiger partial charge in [0.05, 0.1) is 35.5 Å². The molecule has 0 saturated heterocycles. The molecule has 0 bridgehead atoms. The third-order valence-electron chi connectivity index (χ3n) is 6.03. The van der Waals surface area contributed by atoms with Crippen molar-refractivity contribution < 1.29 is 18.0 Å². The van der Waals surface area contributed by atoms with E-state index in [1.54, 1.807) is 50.2 Å². The fraction of sp³-hybridized carbons (Fsp3) is 0.154. The highest BCUT2D eigenvalue weighted by molar-refractivity contribution is 6.31. The standard InChI is InChI=1S/C26H20ClF3N6O/c1-14-23(15(2)35(34-14)13-18-19(27)9-6-10-20(18)28)33-26(37)17-12-31-36-22(24(29)30)11-21(32-25(17)36)16-7-4-3-5-8-16/h3-12,24H,13H2,1-2H3,(H,33,37). The summed E-state index contributed by atoms with van der Waals surface area (Å²) < 4.78 is 44.5. The van der Waals surface area contributed by atoms with Crippen molar-refractivity contribution >= 4 is 28.8 Å². The second kappa shape index (κ2) is 9.70. The molecule has 7 nitrogen and oxygen atoms in total. The van der Waals surface area contributed by atoms with Crippen molar-refractivity contribution in [2.24, 2.45) is 0 Å². The van der Waals surface area contributed by atoms with Gasteiger partial charge in [0.1, 0.15) is 17.1 Å². The molecular formula is C26H20ClF3N6O. The van der Waals surface area contributed by atoms with Crippen LogP contribution in [0.5, 0.6) is 0 Å². The third kappa shape index (κ3) is 4.55. The van der Waals surface area contributed by atoms with Crippen LogP contribution in [0.2, 0.25) is 5.02 Å². The predicted molar refractivity (Wildman–Crippen MR) is 134 cm³/mol. The second-order valence-corrected chi connectivity index (χ2v) is 8.79. The number of halogens is 4. The number of benzene rings is 2. The van der Waals surface area contributed by atoms with E-state index in [-0.39, 0.29) is 34.0 Å². The Labute approximate surface area is 214 Å². The zero-order chi connectivity index (χ0) is 26.3. The van der Waals surface area contributed by atoms with Crippen molar-refractivity contribution in [2.45, 2.75) is 26.8 Å². The van der Waals surface area contributed by atoms with Crippen molar-refractivity contribution in [3.63, 3.8) is 0 Å². The average molecular weight is 525 g/mol. The summed E-state index contributed by atoms with van der Waals surface area (Å²) >= 11 is 6.16. The van der Waals surface area contributed by atoms with E-state index in [9.17, 15) is 18.0 Å². The first kappa shape index (κ1) is 24.5. The molecule has 1 amide bonds. The number of alkyl halides is 2. The van der Waals surface area contributed by atoms with Crippen LogP contribution in [0.25, 0.3) is 16.9 Å². The van der Waals surface area contributed by atoms with Crippen molar-refractivity contribution in [1.29, 1.82) is 0 Å². The molecule has 37 heavy (non-hydrogen) atoms. The Morgan fingerprint density at radius 1 is 1.11 bits per heavy atom. The molecule has 1 N–H and O–H groups in total. The molecule has 5 aromatic rings. The quantitative estimate of drug-likeness (QED) is 0.285. The summed E-state index contributed by atoms with van der Waals surface area (Å²) in [4.78, 5) is 17.8. The summed E-state index contributed by atoms with van der Waals surface area (Å²) in [6.45, 7) is 3.48. The second-order valence-electron chi connectivity index (χ2n) is 8.38. The SMILES string of the molecule is Cc1nn(Cc2c(F)cccc2Cl)c(C)c1NC(=O)c1cnn2c(C(F)F)cc(-c3ccccc3)nc12. The normalized spacial score (nSPS) is 11.4. The minimum Gasteiger partial charge on any atom is -0.319 e. The van der Waals surface area contributed by atoms with Crippen LogP contribution in [0, 0.1) is 19.7 Å². The maximum atomic E-state index is 14.3. The number of aryl methyl sites for hydroxylation is 1. The van der Waals surface area contributed by atoms with Crippen LogP contribution in [0.4, 0.5) is 18.9 Å². The molecule has 0 aliphatic heterocycles. The molecule has 5 rings (SSSR count). The van der Waals surface area contributed by atoms with E-state index in [1.165, 1.54) is 29.1 Å². The smallest absolute Gasteiger partial charge is 0.280 e. The van der Waals surface area contributed by atoms with Gasteiger partial charge in [0.2, 0.25) is 0 Å². The number of carbonyl (C=O) groups is 1. The van der Waals surface area contributed by atoms with Crippen molar-refractivity contribution in [3.05, 3.63) is 99.8 Å². The molecule has 3 heterocycles. The van der Waals surface area contributed by atoms with Gasteiger partial charge in [-0.1, -0.05) is 48.0 Å². The topological polar surface area (TPSA) is 77.1 Å². The Morgan fingerprint density at radius 2 is 1.86 bits per heavy atom. The molecule has 0 unspecified atom stereocenters. The summed E-state index contributed by atoms with van der Waals surface area (Å²) in [6.07, 6.45) is -1.64. The Balaban J connectivity index is 1.51. The van der Waals surface area contributed by atoms with Crippen LogP contribution in [0.1, 0.15) is 39.4 Å². The number of amides is 1. The van der Waals surface area contributed by atoms with Crippen molar-refractivity contribution in [2.75, 3.05) is 5.32 Å². The van der Waals surface area contributed by atoms with E-state index in [2.05, 4.69) is 20.5 Å². The largest absolute Gasteiger partial charge is 0.319 e. The van der Waals surface area contributed by atoms with Gasteiger partial charge in [0.15, 0.2) is 5.65 Å². The highest BCUT2D eigenvalue weighted by Gasteiger charge is 2.23. The lowest BCUT2D eigenvalue weighted by molar-refractivity contribution is 0.102. The number of rotatable bonds is 6. The number of fused-ring (bicyclic) bond motifs is 1. The lowest BCUT2D eigenvalue weighted by atomic mass is 10.1. The first-order chi connectivity index (χ1) is 17.7. The molecule has 2 aromatic carbocycles. The molecule has 0 aliphatic carbocycles. The van der Waals surface area contributed by atoms with Crippen LogP contribution in [-0.2, 0) is 6.54 Å². The van der Waals surface area contributed by atoms with Gasteiger partial charge >= 0.3 is 0 Å². The van der Waals surface area contributed by atoms with Gasteiger partial charge in [-0.15, -0.1) is 0 Å². The number of aromatic nitrogens is 5. The monoisotopic (exact) mass is 524 g/mol. The molecule has 3 aromatic heterocycles. The zero-order valence-corrected chi connectivity index (χ0v) is 20.5. The summed E-state index contributed by atoms with van der Waals surface area (Å²) in [7, 11) is 0. The molecule has 0 saturated carbocycles. The number of hydrogen-bond donors (Lipinski definition) is 1. The van der Waals surface area contributed by atoms with Crippen molar-refractivity contribution in [3.8, 4) is 11.3 Å². The Kier molecular flexibility index (Phi) is 6.43. The fourth-order valence-corrected chi connectivity index (χ4v) is 4.33. The minimum atomic E-state index is -2.84. The van der Waals surface area contributed by atoms with Gasteiger partial charge in [-0.2, -0.15) is 10.2 Å². The van der Waals surface area contributed by atoms with Crippen LogP contribution < -0.4 is 5.32 Å². The summed E-state index contributed by atoms with van der Waals surface area (Å²) in [5, 5.41) is 11.5. The van der Waals surface area contributed by atoms with E-state index >= 15 is 0 Å². The van der Waals surface area contributed by atoms with Gasteiger partial charge in [0, 0.05) is 16.1 Å².